The van der Waals surface area contributed by atoms with Crippen molar-refractivity contribution in [3.05, 3.63) is 48.4 Å². The standard InChI is InChI=1S/C14H18N4O2S/c1-3-16-14-10-13(6-9-17-14)21(19,20)18-11(2)12-4-7-15-8-5-12/h4-11,18H,3H2,1-2H3,(H,16,17). The van der Waals surface area contributed by atoms with Crippen LogP contribution in [0.2, 0.25) is 0 Å². The highest BCUT2D eigenvalue weighted by Crippen LogP contribution is 2.17. The van der Waals surface area contributed by atoms with E-state index in [1.165, 1.54) is 18.3 Å². The first-order valence-electron chi connectivity index (χ1n) is 6.65. The Hall–Kier alpha value is -1.99. The molecular formula is C14H18N4O2S. The molecule has 6 nitrogen and oxygen atoms in total. The van der Waals surface area contributed by atoms with Gasteiger partial charge in [0.15, 0.2) is 0 Å². The first-order chi connectivity index (χ1) is 10.0. The Morgan fingerprint density at radius 1 is 1.19 bits per heavy atom. The first kappa shape index (κ1) is 15.4. The average Bonchev–Trinajstić information content (AvgIpc) is 2.48. The lowest BCUT2D eigenvalue weighted by molar-refractivity contribution is 0.566. The smallest absolute Gasteiger partial charge is 0.241 e. The molecule has 0 saturated heterocycles. The fourth-order valence-electron chi connectivity index (χ4n) is 1.88. The van der Waals surface area contributed by atoms with E-state index in [4.69, 9.17) is 0 Å². The highest BCUT2D eigenvalue weighted by atomic mass is 32.2. The van der Waals surface area contributed by atoms with Crippen molar-refractivity contribution in [2.45, 2.75) is 24.8 Å². The van der Waals surface area contributed by atoms with Gasteiger partial charge in [-0.1, -0.05) is 0 Å². The summed E-state index contributed by atoms with van der Waals surface area (Å²) in [6.45, 7) is 4.39. The number of hydrogen-bond acceptors (Lipinski definition) is 5. The Morgan fingerprint density at radius 2 is 1.90 bits per heavy atom. The van der Waals surface area contributed by atoms with Gasteiger partial charge in [0.2, 0.25) is 10.0 Å². The van der Waals surface area contributed by atoms with Crippen molar-refractivity contribution in [2.75, 3.05) is 11.9 Å². The number of nitrogens with zero attached hydrogens (tertiary/aromatic N) is 2. The molecule has 2 heterocycles. The fourth-order valence-corrected chi connectivity index (χ4v) is 3.12. The molecule has 0 fully saturated rings. The van der Waals surface area contributed by atoms with Gasteiger partial charge in [0.05, 0.1) is 4.90 Å². The van der Waals surface area contributed by atoms with Gasteiger partial charge in [-0.15, -0.1) is 0 Å². The second kappa shape index (κ2) is 6.64. The number of rotatable bonds is 6. The maximum absolute atomic E-state index is 12.4. The summed E-state index contributed by atoms with van der Waals surface area (Å²) in [4.78, 5) is 8.18. The zero-order valence-corrected chi connectivity index (χ0v) is 12.8. The second-order valence-corrected chi connectivity index (χ2v) is 6.24. The van der Waals surface area contributed by atoms with Gasteiger partial charge in [-0.2, -0.15) is 0 Å². The van der Waals surface area contributed by atoms with Crippen molar-refractivity contribution in [3.63, 3.8) is 0 Å². The third-order valence-electron chi connectivity index (χ3n) is 2.94. The molecule has 0 bridgehead atoms. The molecule has 0 aliphatic rings. The summed E-state index contributed by atoms with van der Waals surface area (Å²) in [5.74, 6) is 0.539. The minimum Gasteiger partial charge on any atom is -0.370 e. The van der Waals surface area contributed by atoms with Gasteiger partial charge in [-0.3, -0.25) is 4.98 Å². The quantitative estimate of drug-likeness (QED) is 0.852. The van der Waals surface area contributed by atoms with Gasteiger partial charge in [-0.05, 0) is 37.6 Å². The second-order valence-electron chi connectivity index (χ2n) is 4.53. The summed E-state index contributed by atoms with van der Waals surface area (Å²) in [7, 11) is -3.60. The largest absolute Gasteiger partial charge is 0.370 e. The van der Waals surface area contributed by atoms with E-state index in [2.05, 4.69) is 20.0 Å². The van der Waals surface area contributed by atoms with Crippen molar-refractivity contribution in [1.29, 1.82) is 0 Å². The van der Waals surface area contributed by atoms with Gasteiger partial charge in [0.25, 0.3) is 0 Å². The van der Waals surface area contributed by atoms with Gasteiger partial charge in [-0.25, -0.2) is 18.1 Å². The van der Waals surface area contributed by atoms with Crippen LogP contribution in [0.15, 0.2) is 47.8 Å². The topological polar surface area (TPSA) is 84.0 Å². The van der Waals surface area contributed by atoms with Crippen LogP contribution < -0.4 is 10.0 Å². The molecule has 0 amide bonds. The third kappa shape index (κ3) is 3.99. The van der Waals surface area contributed by atoms with Crippen LogP contribution in [0.25, 0.3) is 0 Å². The zero-order valence-electron chi connectivity index (χ0n) is 11.9. The highest BCUT2D eigenvalue weighted by molar-refractivity contribution is 7.89. The van der Waals surface area contributed by atoms with Gasteiger partial charge >= 0.3 is 0 Å². The molecular weight excluding hydrogens is 288 g/mol. The van der Waals surface area contributed by atoms with Crippen molar-refractivity contribution in [3.8, 4) is 0 Å². The Bertz CT molecular complexity index is 689. The van der Waals surface area contributed by atoms with Crippen LogP contribution in [0.4, 0.5) is 5.82 Å². The number of nitrogens with one attached hydrogen (secondary N) is 2. The molecule has 1 unspecified atom stereocenters. The molecule has 0 radical (unpaired) electrons. The lowest BCUT2D eigenvalue weighted by Crippen LogP contribution is -2.27. The van der Waals surface area contributed by atoms with E-state index in [0.717, 1.165) is 5.56 Å². The number of pyridine rings is 2. The van der Waals surface area contributed by atoms with Crippen LogP contribution in [0.1, 0.15) is 25.5 Å². The van der Waals surface area contributed by atoms with Crippen LogP contribution in [0.3, 0.4) is 0 Å². The van der Waals surface area contributed by atoms with E-state index in [0.29, 0.717) is 12.4 Å². The van der Waals surface area contributed by atoms with E-state index in [1.807, 2.05) is 6.92 Å². The van der Waals surface area contributed by atoms with E-state index in [1.54, 1.807) is 31.5 Å². The summed E-state index contributed by atoms with van der Waals surface area (Å²) in [6, 6.07) is 6.22. The van der Waals surface area contributed by atoms with E-state index >= 15 is 0 Å². The molecule has 7 heteroatoms. The maximum Gasteiger partial charge on any atom is 0.241 e. The van der Waals surface area contributed by atoms with Gasteiger partial charge in [0, 0.05) is 37.2 Å². The Kier molecular flexibility index (Phi) is 4.87. The SMILES string of the molecule is CCNc1cc(S(=O)(=O)NC(C)c2ccncc2)ccn1. The number of hydrogen-bond donors (Lipinski definition) is 2. The summed E-state index contributed by atoms with van der Waals surface area (Å²) >= 11 is 0. The van der Waals surface area contributed by atoms with Crippen LogP contribution in [-0.4, -0.2) is 24.9 Å². The molecule has 0 aromatic carbocycles. The zero-order chi connectivity index (χ0) is 15.3. The summed E-state index contributed by atoms with van der Waals surface area (Å²) < 4.78 is 27.4. The van der Waals surface area contributed by atoms with Crippen molar-refractivity contribution < 1.29 is 8.42 Å². The lowest BCUT2D eigenvalue weighted by atomic mass is 10.1. The third-order valence-corrected chi connectivity index (χ3v) is 4.48. The van der Waals surface area contributed by atoms with Crippen molar-refractivity contribution in [1.82, 2.24) is 14.7 Å². The molecule has 1 atom stereocenters. The van der Waals surface area contributed by atoms with Crippen LogP contribution in [0, 0.1) is 0 Å². The molecule has 0 aliphatic heterocycles. The summed E-state index contributed by atoms with van der Waals surface area (Å²) in [5.41, 5.74) is 0.856. The molecule has 2 aromatic heterocycles. The average molecular weight is 306 g/mol. The normalized spacial score (nSPS) is 12.9. The van der Waals surface area contributed by atoms with Crippen LogP contribution in [0.5, 0.6) is 0 Å². The maximum atomic E-state index is 12.4. The number of anilines is 1. The lowest BCUT2D eigenvalue weighted by Gasteiger charge is -2.15. The van der Waals surface area contributed by atoms with Crippen LogP contribution in [-0.2, 0) is 10.0 Å². The highest BCUT2D eigenvalue weighted by Gasteiger charge is 2.18. The number of aromatic nitrogens is 2. The Labute approximate surface area is 124 Å². The monoisotopic (exact) mass is 306 g/mol. The molecule has 0 aliphatic carbocycles. The molecule has 2 rings (SSSR count). The predicted molar refractivity (Wildman–Crippen MR) is 81.4 cm³/mol. The minimum atomic E-state index is -3.60. The summed E-state index contributed by atoms with van der Waals surface area (Å²) in [5, 5.41) is 2.99. The van der Waals surface area contributed by atoms with E-state index in [9.17, 15) is 8.42 Å². The molecule has 0 saturated carbocycles. The fraction of sp³-hybridized carbons (Fsp3) is 0.286. The Morgan fingerprint density at radius 3 is 2.57 bits per heavy atom. The first-order valence-corrected chi connectivity index (χ1v) is 8.13. The summed E-state index contributed by atoms with van der Waals surface area (Å²) in [6.07, 6.45) is 4.75. The minimum absolute atomic E-state index is 0.189. The molecule has 0 spiro atoms. The predicted octanol–water partition coefficient (Wildman–Crippen LogP) is 1.95. The van der Waals surface area contributed by atoms with Gasteiger partial charge in [0.1, 0.15) is 5.82 Å². The van der Waals surface area contributed by atoms with Crippen molar-refractivity contribution >= 4 is 15.8 Å². The molecule has 2 aromatic rings. The molecule has 2 N–H and O–H groups in total. The Balaban J connectivity index is 2.20. The van der Waals surface area contributed by atoms with Crippen molar-refractivity contribution in [2.24, 2.45) is 0 Å². The number of sulfonamides is 1. The van der Waals surface area contributed by atoms with Crippen LogP contribution >= 0.6 is 0 Å². The van der Waals surface area contributed by atoms with Gasteiger partial charge < -0.3 is 5.32 Å². The van der Waals surface area contributed by atoms with E-state index < -0.39 is 10.0 Å². The molecule has 112 valence electrons. The molecule has 21 heavy (non-hydrogen) atoms. The van der Waals surface area contributed by atoms with E-state index in [-0.39, 0.29) is 10.9 Å².